The summed E-state index contributed by atoms with van der Waals surface area (Å²) in [6.07, 6.45) is 13.0. The van der Waals surface area contributed by atoms with E-state index in [1.165, 1.54) is 0 Å². The summed E-state index contributed by atoms with van der Waals surface area (Å²) >= 11 is 0. The number of anilines is 2. The Balaban J connectivity index is 1.19. The fraction of sp³-hybridized carbons (Fsp3) is 0.643. The van der Waals surface area contributed by atoms with Gasteiger partial charge in [-0.2, -0.15) is 10.1 Å². The number of hydrogen-bond donors (Lipinski definition) is 2. The molecule has 216 valence electrons. The Hall–Kier alpha value is -3.22. The fourth-order valence-electron chi connectivity index (χ4n) is 6.13. The second-order valence-corrected chi connectivity index (χ2v) is 11.0. The summed E-state index contributed by atoms with van der Waals surface area (Å²) in [7, 11) is 0. The Bertz CT molecular complexity index is 1270. The summed E-state index contributed by atoms with van der Waals surface area (Å²) in [5, 5.41) is 7.91. The molecule has 0 spiro atoms. The van der Waals surface area contributed by atoms with E-state index >= 15 is 0 Å². The van der Waals surface area contributed by atoms with Crippen molar-refractivity contribution in [3.05, 3.63) is 24.7 Å². The highest BCUT2D eigenvalue weighted by Gasteiger charge is 2.29. The van der Waals surface area contributed by atoms with Gasteiger partial charge in [0.2, 0.25) is 17.7 Å². The van der Waals surface area contributed by atoms with E-state index in [9.17, 15) is 4.79 Å². The summed E-state index contributed by atoms with van der Waals surface area (Å²) in [6, 6.07) is 2.91. The number of primary amides is 1. The van der Waals surface area contributed by atoms with Crippen LogP contribution in [0.25, 0.3) is 11.0 Å². The molecule has 5 heterocycles. The Morgan fingerprint density at radius 3 is 2.58 bits per heavy atom. The van der Waals surface area contributed by atoms with Gasteiger partial charge < -0.3 is 29.8 Å². The highest BCUT2D eigenvalue weighted by molar-refractivity contribution is 5.82. The number of morpholine rings is 1. The maximum atomic E-state index is 11.3. The molecule has 6 rings (SSSR count). The molecule has 1 saturated carbocycles. The Labute approximate surface area is 234 Å². The van der Waals surface area contributed by atoms with Gasteiger partial charge in [0.1, 0.15) is 11.6 Å². The topological polar surface area (TPSA) is 135 Å². The molecule has 2 aliphatic heterocycles. The Morgan fingerprint density at radius 1 is 1.02 bits per heavy atom. The van der Waals surface area contributed by atoms with E-state index < -0.39 is 0 Å². The van der Waals surface area contributed by atoms with Crippen LogP contribution in [0.1, 0.15) is 57.4 Å². The zero-order chi connectivity index (χ0) is 27.3. The number of rotatable bonds is 10. The first-order valence-electron chi connectivity index (χ1n) is 14.6. The normalized spacial score (nSPS) is 22.9. The lowest BCUT2D eigenvalue weighted by Crippen LogP contribution is -2.46. The number of carbonyl (C=O) groups is 1. The lowest BCUT2D eigenvalue weighted by Gasteiger charge is -2.38. The molecular formula is C28H40N8O4. The van der Waals surface area contributed by atoms with Crippen molar-refractivity contribution in [1.82, 2.24) is 29.2 Å². The van der Waals surface area contributed by atoms with Gasteiger partial charge in [-0.1, -0.05) is 0 Å². The minimum atomic E-state index is -0.297. The van der Waals surface area contributed by atoms with Crippen molar-refractivity contribution in [2.45, 2.75) is 76.1 Å². The molecule has 12 nitrogen and oxygen atoms in total. The molecule has 3 N–H and O–H groups in total. The zero-order valence-electron chi connectivity index (χ0n) is 23.0. The number of nitrogens with zero attached hydrogens (tertiary/aromatic N) is 6. The number of aromatic nitrogens is 5. The number of nitrogens with one attached hydrogen (secondary N) is 1. The minimum Gasteiger partial charge on any atom is -0.473 e. The molecule has 0 unspecified atom stereocenters. The summed E-state index contributed by atoms with van der Waals surface area (Å²) in [4.78, 5) is 23.5. The smallest absolute Gasteiger partial charge is 0.243 e. The third-order valence-corrected chi connectivity index (χ3v) is 8.31. The van der Waals surface area contributed by atoms with Crippen molar-refractivity contribution in [3.8, 4) is 5.88 Å². The van der Waals surface area contributed by atoms with Crippen LogP contribution in [-0.2, 0) is 20.8 Å². The molecule has 2 saturated heterocycles. The van der Waals surface area contributed by atoms with E-state index in [1.807, 2.05) is 29.3 Å². The third kappa shape index (κ3) is 6.39. The maximum absolute atomic E-state index is 11.3. The summed E-state index contributed by atoms with van der Waals surface area (Å²) in [6.45, 7) is 5.85. The van der Waals surface area contributed by atoms with Crippen LogP contribution in [0.5, 0.6) is 5.88 Å². The van der Waals surface area contributed by atoms with Gasteiger partial charge >= 0.3 is 0 Å². The largest absolute Gasteiger partial charge is 0.473 e. The zero-order valence-corrected chi connectivity index (χ0v) is 23.0. The molecule has 0 radical (unpaired) electrons. The Morgan fingerprint density at radius 2 is 1.80 bits per heavy atom. The maximum Gasteiger partial charge on any atom is 0.243 e. The first kappa shape index (κ1) is 27.0. The molecule has 12 heteroatoms. The molecule has 0 atom stereocenters. The average Bonchev–Trinajstić information content (AvgIpc) is 3.62. The summed E-state index contributed by atoms with van der Waals surface area (Å²) < 4.78 is 21.7. The third-order valence-electron chi connectivity index (χ3n) is 8.31. The SMILES string of the molecule is NC(=O)CCCn1ccc2nc(Nc3cnn(C4CCOCC4)c3)nc(OC3CCC(N4CCOCC4)CC3)c21. The number of carbonyl (C=O) groups excluding carboxylic acids is 1. The van der Waals surface area contributed by atoms with Crippen LogP contribution in [-0.4, -0.2) is 86.8 Å². The molecule has 1 aliphatic carbocycles. The molecule has 3 aromatic rings. The van der Waals surface area contributed by atoms with E-state index in [0.29, 0.717) is 43.3 Å². The lowest BCUT2D eigenvalue weighted by molar-refractivity contribution is -0.118. The molecule has 40 heavy (non-hydrogen) atoms. The Kier molecular flexibility index (Phi) is 8.45. The number of hydrogen-bond acceptors (Lipinski definition) is 9. The molecule has 0 aromatic carbocycles. The number of fused-ring (bicyclic) bond motifs is 1. The predicted molar refractivity (Wildman–Crippen MR) is 150 cm³/mol. The number of amides is 1. The van der Waals surface area contributed by atoms with Crippen LogP contribution in [0.3, 0.4) is 0 Å². The highest BCUT2D eigenvalue weighted by atomic mass is 16.5. The molecule has 1 amide bonds. The van der Waals surface area contributed by atoms with Crippen LogP contribution < -0.4 is 15.8 Å². The monoisotopic (exact) mass is 552 g/mol. The molecule has 0 bridgehead atoms. The summed E-state index contributed by atoms with van der Waals surface area (Å²) in [5.74, 6) is 0.753. The van der Waals surface area contributed by atoms with E-state index in [2.05, 4.69) is 19.9 Å². The lowest BCUT2D eigenvalue weighted by atomic mass is 9.91. The van der Waals surface area contributed by atoms with Gasteiger partial charge in [0, 0.05) is 57.7 Å². The van der Waals surface area contributed by atoms with Gasteiger partial charge in [-0.15, -0.1) is 0 Å². The van der Waals surface area contributed by atoms with E-state index in [1.54, 1.807) is 0 Å². The summed E-state index contributed by atoms with van der Waals surface area (Å²) in [5.41, 5.74) is 7.86. The quantitative estimate of drug-likeness (QED) is 0.389. The molecule has 3 aromatic heterocycles. The van der Waals surface area contributed by atoms with Gasteiger partial charge in [0.15, 0.2) is 0 Å². The van der Waals surface area contributed by atoms with Crippen molar-refractivity contribution < 1.29 is 19.0 Å². The van der Waals surface area contributed by atoms with Crippen LogP contribution in [0, 0.1) is 0 Å². The van der Waals surface area contributed by atoms with Crippen molar-refractivity contribution in [2.75, 3.05) is 44.8 Å². The predicted octanol–water partition coefficient (Wildman–Crippen LogP) is 3.01. The first-order chi connectivity index (χ1) is 19.6. The van der Waals surface area contributed by atoms with Crippen LogP contribution in [0.2, 0.25) is 0 Å². The van der Waals surface area contributed by atoms with E-state index in [0.717, 1.165) is 94.8 Å². The van der Waals surface area contributed by atoms with Gasteiger partial charge in [-0.3, -0.25) is 14.4 Å². The number of nitrogens with two attached hydrogens (primary N) is 1. The standard InChI is InChI=1S/C28H40N8O4/c29-25(37)2-1-10-35-11-7-24-26(35)27(40-23-5-3-21(4-6-23)34-12-16-39-17-13-34)33-28(32-24)31-20-18-30-36(19-20)22-8-14-38-15-9-22/h7,11,18-19,21-23H,1-6,8-10,12-17H2,(H2,29,37)(H,31,32,33). The minimum absolute atomic E-state index is 0.0912. The van der Waals surface area contributed by atoms with Crippen molar-refractivity contribution in [3.63, 3.8) is 0 Å². The van der Waals surface area contributed by atoms with Gasteiger partial charge in [-0.05, 0) is 51.0 Å². The second-order valence-electron chi connectivity index (χ2n) is 11.0. The number of ether oxygens (including phenoxy) is 3. The van der Waals surface area contributed by atoms with Crippen LogP contribution in [0.4, 0.5) is 11.6 Å². The van der Waals surface area contributed by atoms with E-state index in [-0.39, 0.29) is 12.0 Å². The van der Waals surface area contributed by atoms with Crippen LogP contribution >= 0.6 is 0 Å². The van der Waals surface area contributed by atoms with Crippen molar-refractivity contribution in [1.29, 1.82) is 0 Å². The molecule has 3 aliphatic rings. The molecule has 3 fully saturated rings. The molecular weight excluding hydrogens is 512 g/mol. The van der Waals surface area contributed by atoms with Crippen molar-refractivity contribution >= 4 is 28.6 Å². The highest BCUT2D eigenvalue weighted by Crippen LogP contribution is 2.32. The second kappa shape index (κ2) is 12.5. The van der Waals surface area contributed by atoms with Gasteiger partial charge in [0.05, 0.1) is 36.7 Å². The first-order valence-corrected chi connectivity index (χ1v) is 14.6. The van der Waals surface area contributed by atoms with Gasteiger partial charge in [-0.25, -0.2) is 4.98 Å². The van der Waals surface area contributed by atoms with Gasteiger partial charge in [0.25, 0.3) is 0 Å². The average molecular weight is 553 g/mol. The fourth-order valence-corrected chi connectivity index (χ4v) is 6.13. The van der Waals surface area contributed by atoms with Crippen LogP contribution in [0.15, 0.2) is 24.7 Å². The van der Waals surface area contributed by atoms with Crippen molar-refractivity contribution in [2.24, 2.45) is 5.73 Å². The van der Waals surface area contributed by atoms with E-state index in [4.69, 9.17) is 29.9 Å². The number of aryl methyl sites for hydroxylation is 1.